The van der Waals surface area contributed by atoms with E-state index in [0.29, 0.717) is 23.0 Å². The molecule has 142 valence electrons. The molecule has 0 atom stereocenters. The second-order valence-corrected chi connectivity index (χ2v) is 7.96. The molecule has 2 aromatic heterocycles. The zero-order chi connectivity index (χ0) is 19.7. The van der Waals surface area contributed by atoms with Gasteiger partial charge in [0, 0.05) is 43.5 Å². The number of fused-ring (bicyclic) bond motifs is 1. The Morgan fingerprint density at radius 1 is 1.11 bits per heavy atom. The fourth-order valence-electron chi connectivity index (χ4n) is 2.68. The lowest BCUT2D eigenvalue weighted by atomic mass is 10.3. The van der Waals surface area contributed by atoms with Crippen LogP contribution in [-0.4, -0.2) is 30.3 Å². The summed E-state index contributed by atoms with van der Waals surface area (Å²) in [5.74, 6) is 0.389. The van der Waals surface area contributed by atoms with Crippen LogP contribution in [0.2, 0.25) is 0 Å². The number of carbonyl (C=O) groups excluding carboxylic acids is 1. The van der Waals surface area contributed by atoms with Gasteiger partial charge in [-0.15, -0.1) is 0 Å². The lowest BCUT2D eigenvalue weighted by Crippen LogP contribution is -2.37. The number of hydrogen-bond donors (Lipinski definition) is 1. The van der Waals surface area contributed by atoms with Gasteiger partial charge in [-0.25, -0.2) is 9.78 Å². The number of rotatable bonds is 5. The molecule has 3 aromatic rings. The third-order valence-electron chi connectivity index (χ3n) is 4.11. The molecule has 1 N–H and O–H groups in total. The number of imidazole rings is 1. The summed E-state index contributed by atoms with van der Waals surface area (Å²) in [6, 6.07) is 7.34. The number of aryl methyl sites for hydroxylation is 2. The van der Waals surface area contributed by atoms with Crippen LogP contribution in [0.25, 0.3) is 11.2 Å². The van der Waals surface area contributed by atoms with Crippen LogP contribution in [0, 0.1) is 0 Å². The molecule has 0 fully saturated rings. The van der Waals surface area contributed by atoms with Crippen molar-refractivity contribution in [3.05, 3.63) is 49.6 Å². The molecule has 3 rings (SSSR count). The van der Waals surface area contributed by atoms with Crippen molar-refractivity contribution < 1.29 is 4.79 Å². The van der Waals surface area contributed by atoms with Crippen LogP contribution in [0.4, 0.5) is 5.69 Å². The number of benzene rings is 1. The monoisotopic (exact) mass is 451 g/mol. The summed E-state index contributed by atoms with van der Waals surface area (Å²) in [7, 11) is 4.78. The van der Waals surface area contributed by atoms with Gasteiger partial charge in [-0.2, -0.15) is 0 Å². The lowest BCUT2D eigenvalue weighted by molar-refractivity contribution is -0.115. The van der Waals surface area contributed by atoms with Gasteiger partial charge < -0.3 is 9.88 Å². The van der Waals surface area contributed by atoms with Crippen LogP contribution in [0.15, 0.2) is 43.5 Å². The standard InChI is InChI=1S/C17H18BrN5O3S/c1-21-14-13(15(25)23(3)17(26)22(14)2)20-16(21)27-9-8-12(24)19-11-6-4-10(18)5-7-11/h4-7H,8-9H2,1-3H3,(H,19,24). The fraction of sp³-hybridized carbons (Fsp3) is 0.294. The molecule has 0 aliphatic rings. The highest BCUT2D eigenvalue weighted by molar-refractivity contribution is 9.10. The molecule has 1 aromatic carbocycles. The maximum atomic E-state index is 12.3. The van der Waals surface area contributed by atoms with Crippen molar-refractivity contribution in [1.29, 1.82) is 0 Å². The Kier molecular flexibility index (Phi) is 5.56. The van der Waals surface area contributed by atoms with Crippen molar-refractivity contribution in [1.82, 2.24) is 18.7 Å². The quantitative estimate of drug-likeness (QED) is 0.597. The summed E-state index contributed by atoms with van der Waals surface area (Å²) in [5.41, 5.74) is 0.604. The highest BCUT2D eigenvalue weighted by atomic mass is 79.9. The molecule has 0 aliphatic carbocycles. The van der Waals surface area contributed by atoms with E-state index in [1.807, 2.05) is 24.3 Å². The van der Waals surface area contributed by atoms with E-state index in [1.54, 1.807) is 18.7 Å². The molecule has 2 heterocycles. The summed E-state index contributed by atoms with van der Waals surface area (Å²) < 4.78 is 5.08. The first-order valence-electron chi connectivity index (χ1n) is 8.10. The highest BCUT2D eigenvalue weighted by Gasteiger charge is 2.17. The normalized spacial score (nSPS) is 11.1. The zero-order valence-electron chi connectivity index (χ0n) is 15.0. The van der Waals surface area contributed by atoms with Gasteiger partial charge in [-0.05, 0) is 24.3 Å². The molecular formula is C17H18BrN5O3S. The summed E-state index contributed by atoms with van der Waals surface area (Å²) in [6.07, 6.45) is 0.293. The maximum absolute atomic E-state index is 12.3. The average Bonchev–Trinajstić information content (AvgIpc) is 2.97. The van der Waals surface area contributed by atoms with Gasteiger partial charge in [0.2, 0.25) is 5.91 Å². The molecule has 0 unspecified atom stereocenters. The first kappa shape index (κ1) is 19.4. The van der Waals surface area contributed by atoms with Gasteiger partial charge >= 0.3 is 5.69 Å². The molecule has 0 aliphatic heterocycles. The van der Waals surface area contributed by atoms with Gasteiger partial charge in [-0.1, -0.05) is 27.7 Å². The second kappa shape index (κ2) is 7.73. The van der Waals surface area contributed by atoms with Gasteiger partial charge in [0.25, 0.3) is 5.56 Å². The molecule has 27 heavy (non-hydrogen) atoms. The summed E-state index contributed by atoms with van der Waals surface area (Å²) in [6.45, 7) is 0. The van der Waals surface area contributed by atoms with Crippen molar-refractivity contribution in [2.24, 2.45) is 21.1 Å². The Balaban J connectivity index is 1.71. The van der Waals surface area contributed by atoms with Crippen LogP contribution in [0.3, 0.4) is 0 Å². The largest absolute Gasteiger partial charge is 0.332 e. The minimum atomic E-state index is -0.427. The second-order valence-electron chi connectivity index (χ2n) is 5.98. The molecule has 0 radical (unpaired) electrons. The topological polar surface area (TPSA) is 90.9 Å². The SMILES string of the molecule is Cn1c(=O)c2nc(SCCC(=O)Nc3ccc(Br)cc3)n(C)c2n(C)c1=O. The third kappa shape index (κ3) is 3.86. The predicted molar refractivity (Wildman–Crippen MR) is 109 cm³/mol. The molecule has 0 spiro atoms. The lowest BCUT2D eigenvalue weighted by Gasteiger charge is -2.06. The van der Waals surface area contributed by atoms with Gasteiger partial charge in [-0.3, -0.25) is 18.7 Å². The predicted octanol–water partition coefficient (Wildman–Crippen LogP) is 1.85. The summed E-state index contributed by atoms with van der Waals surface area (Å²) >= 11 is 4.71. The molecule has 1 amide bonds. The van der Waals surface area contributed by atoms with E-state index in [4.69, 9.17) is 0 Å². The van der Waals surface area contributed by atoms with Crippen LogP contribution < -0.4 is 16.6 Å². The maximum Gasteiger partial charge on any atom is 0.332 e. The minimum absolute atomic E-state index is 0.105. The number of amides is 1. The molecular weight excluding hydrogens is 434 g/mol. The Labute approximate surface area is 167 Å². The number of halogens is 1. The smallest absolute Gasteiger partial charge is 0.326 e. The number of thioether (sulfide) groups is 1. The first-order valence-corrected chi connectivity index (χ1v) is 9.88. The first-order chi connectivity index (χ1) is 12.8. The van der Waals surface area contributed by atoms with Crippen molar-refractivity contribution in [3.8, 4) is 0 Å². The number of hydrogen-bond acceptors (Lipinski definition) is 5. The summed E-state index contributed by atoms with van der Waals surface area (Å²) in [4.78, 5) is 40.8. The van der Waals surface area contributed by atoms with Gasteiger partial charge in [0.05, 0.1) is 0 Å². The van der Waals surface area contributed by atoms with E-state index in [2.05, 4.69) is 26.2 Å². The molecule has 0 saturated heterocycles. The van der Waals surface area contributed by atoms with E-state index in [-0.39, 0.29) is 11.4 Å². The van der Waals surface area contributed by atoms with Crippen LogP contribution in [-0.2, 0) is 25.9 Å². The Morgan fingerprint density at radius 3 is 2.44 bits per heavy atom. The third-order valence-corrected chi connectivity index (χ3v) is 5.67. The van der Waals surface area contributed by atoms with Gasteiger partial charge in [0.15, 0.2) is 16.3 Å². The van der Waals surface area contributed by atoms with Crippen molar-refractivity contribution in [2.45, 2.75) is 11.6 Å². The molecule has 8 nitrogen and oxygen atoms in total. The number of carbonyl (C=O) groups is 1. The van der Waals surface area contributed by atoms with Gasteiger partial charge in [0.1, 0.15) is 0 Å². The van der Waals surface area contributed by atoms with E-state index in [1.165, 1.54) is 23.4 Å². The number of nitrogens with one attached hydrogen (secondary N) is 1. The Bertz CT molecular complexity index is 1130. The van der Waals surface area contributed by atoms with E-state index < -0.39 is 11.2 Å². The zero-order valence-corrected chi connectivity index (χ0v) is 17.4. The number of aromatic nitrogens is 4. The number of anilines is 1. The van der Waals surface area contributed by atoms with Crippen LogP contribution >= 0.6 is 27.7 Å². The minimum Gasteiger partial charge on any atom is -0.326 e. The van der Waals surface area contributed by atoms with Crippen LogP contribution in [0.5, 0.6) is 0 Å². The van der Waals surface area contributed by atoms with Crippen molar-refractivity contribution in [3.63, 3.8) is 0 Å². The Hall–Kier alpha value is -2.33. The van der Waals surface area contributed by atoms with Crippen molar-refractivity contribution >= 4 is 50.5 Å². The van der Waals surface area contributed by atoms with E-state index in [0.717, 1.165) is 14.7 Å². The molecule has 0 bridgehead atoms. The van der Waals surface area contributed by atoms with E-state index >= 15 is 0 Å². The highest BCUT2D eigenvalue weighted by Crippen LogP contribution is 2.21. The molecule has 10 heteroatoms. The van der Waals surface area contributed by atoms with Crippen molar-refractivity contribution in [2.75, 3.05) is 11.1 Å². The fourth-order valence-corrected chi connectivity index (χ4v) is 3.85. The summed E-state index contributed by atoms with van der Waals surface area (Å²) in [5, 5.41) is 3.41. The van der Waals surface area contributed by atoms with E-state index in [9.17, 15) is 14.4 Å². The van der Waals surface area contributed by atoms with Crippen LogP contribution in [0.1, 0.15) is 6.42 Å². The number of nitrogens with zero attached hydrogens (tertiary/aromatic N) is 4. The Morgan fingerprint density at radius 2 is 1.78 bits per heavy atom. The molecule has 0 saturated carbocycles. The average molecular weight is 452 g/mol.